The smallest absolute Gasteiger partial charge is 0.244 e. The first-order valence-electron chi connectivity index (χ1n) is 7.53. The lowest BCUT2D eigenvalue weighted by atomic mass is 9.85. The normalized spacial score (nSPS) is 31.7. The molecule has 1 aromatic rings. The van der Waals surface area contributed by atoms with Gasteiger partial charge < -0.3 is 5.32 Å². The first kappa shape index (κ1) is 13.2. The number of hydrogen-bond donors (Lipinski definition) is 1. The molecule has 2 fully saturated rings. The Balaban J connectivity index is 1.47. The fourth-order valence-electron chi connectivity index (χ4n) is 3.99. The second kappa shape index (κ2) is 4.80. The van der Waals surface area contributed by atoms with Crippen molar-refractivity contribution in [1.29, 1.82) is 0 Å². The molecule has 1 aromatic carbocycles. The summed E-state index contributed by atoms with van der Waals surface area (Å²) in [5, 5.41) is 2.71. The number of para-hydroxylation sites is 1. The molecule has 112 valence electrons. The lowest BCUT2D eigenvalue weighted by molar-refractivity contribution is -0.143. The van der Waals surface area contributed by atoms with Crippen molar-refractivity contribution in [2.24, 2.45) is 23.7 Å². The zero-order chi connectivity index (χ0) is 15.3. The van der Waals surface area contributed by atoms with Crippen molar-refractivity contribution in [2.75, 3.05) is 11.9 Å². The van der Waals surface area contributed by atoms with Crippen LogP contribution in [0.4, 0.5) is 5.69 Å². The van der Waals surface area contributed by atoms with Gasteiger partial charge in [-0.05, 0) is 30.4 Å². The Morgan fingerprint density at radius 3 is 2.23 bits per heavy atom. The van der Waals surface area contributed by atoms with Gasteiger partial charge in [-0.15, -0.1) is 0 Å². The molecule has 22 heavy (non-hydrogen) atoms. The molecule has 4 atom stereocenters. The number of nitrogens with one attached hydrogen (secondary N) is 1. The van der Waals surface area contributed by atoms with Crippen LogP contribution in [-0.4, -0.2) is 29.2 Å². The van der Waals surface area contributed by atoms with Crippen LogP contribution in [0.2, 0.25) is 0 Å². The number of fused-ring (bicyclic) bond motifs is 5. The maximum Gasteiger partial charge on any atom is 0.244 e. The Morgan fingerprint density at radius 1 is 1.05 bits per heavy atom. The molecule has 4 rings (SSSR count). The topological polar surface area (TPSA) is 66.5 Å². The number of likely N-dealkylation sites (tertiary alicyclic amines) is 1. The number of nitrogens with zero attached hydrogens (tertiary/aromatic N) is 1. The molecule has 0 radical (unpaired) electrons. The van der Waals surface area contributed by atoms with E-state index >= 15 is 0 Å². The van der Waals surface area contributed by atoms with E-state index in [9.17, 15) is 14.4 Å². The van der Waals surface area contributed by atoms with Crippen molar-refractivity contribution in [3.05, 3.63) is 42.5 Å². The van der Waals surface area contributed by atoms with Crippen LogP contribution in [0.25, 0.3) is 0 Å². The molecule has 5 heteroatoms. The quantitative estimate of drug-likeness (QED) is 0.678. The summed E-state index contributed by atoms with van der Waals surface area (Å²) in [6.07, 6.45) is 4.99. The summed E-state index contributed by atoms with van der Waals surface area (Å²) in [5.74, 6) is -0.848. The Morgan fingerprint density at radius 2 is 1.64 bits per heavy atom. The zero-order valence-corrected chi connectivity index (χ0v) is 11.9. The number of hydrogen-bond acceptors (Lipinski definition) is 3. The van der Waals surface area contributed by atoms with Crippen LogP contribution in [0.1, 0.15) is 6.42 Å². The summed E-state index contributed by atoms with van der Waals surface area (Å²) in [7, 11) is 0. The molecular formula is C17H16N2O3. The van der Waals surface area contributed by atoms with Gasteiger partial charge >= 0.3 is 0 Å². The summed E-state index contributed by atoms with van der Waals surface area (Å²) >= 11 is 0. The Hall–Kier alpha value is -2.43. The molecule has 0 spiro atoms. The molecule has 1 saturated heterocycles. The van der Waals surface area contributed by atoms with Gasteiger partial charge in [0.15, 0.2) is 0 Å². The largest absolute Gasteiger partial charge is 0.325 e. The minimum atomic E-state index is -0.340. The third kappa shape index (κ3) is 1.89. The van der Waals surface area contributed by atoms with E-state index in [4.69, 9.17) is 0 Å². The van der Waals surface area contributed by atoms with Crippen LogP contribution < -0.4 is 5.32 Å². The monoisotopic (exact) mass is 296 g/mol. The van der Waals surface area contributed by atoms with E-state index in [-0.39, 0.29) is 47.9 Å². The van der Waals surface area contributed by atoms with Gasteiger partial charge in [-0.3, -0.25) is 19.3 Å². The Labute approximate surface area is 128 Å². The number of amides is 3. The number of allylic oxidation sites excluding steroid dienone is 2. The highest BCUT2D eigenvalue weighted by molar-refractivity contribution is 6.09. The van der Waals surface area contributed by atoms with Gasteiger partial charge in [0.05, 0.1) is 11.8 Å². The highest BCUT2D eigenvalue weighted by Gasteiger charge is 2.59. The van der Waals surface area contributed by atoms with E-state index in [0.29, 0.717) is 5.69 Å². The third-order valence-electron chi connectivity index (χ3n) is 4.92. The van der Waals surface area contributed by atoms with Gasteiger partial charge in [0.2, 0.25) is 17.7 Å². The van der Waals surface area contributed by atoms with Crippen molar-refractivity contribution in [2.45, 2.75) is 6.42 Å². The van der Waals surface area contributed by atoms with E-state index < -0.39 is 0 Å². The maximum absolute atomic E-state index is 12.5. The summed E-state index contributed by atoms with van der Waals surface area (Å²) < 4.78 is 0. The summed E-state index contributed by atoms with van der Waals surface area (Å²) in [5.41, 5.74) is 0.661. The Bertz CT molecular complexity index is 652. The van der Waals surface area contributed by atoms with Gasteiger partial charge in [0, 0.05) is 5.69 Å². The van der Waals surface area contributed by atoms with Crippen molar-refractivity contribution < 1.29 is 14.4 Å². The second-order valence-electron chi connectivity index (χ2n) is 6.18. The summed E-state index contributed by atoms with van der Waals surface area (Å²) in [6, 6.07) is 9.02. The lowest BCUT2D eigenvalue weighted by Crippen LogP contribution is -2.39. The number of rotatable bonds is 3. The summed E-state index contributed by atoms with van der Waals surface area (Å²) in [6.45, 7) is -0.195. The highest BCUT2D eigenvalue weighted by Crippen LogP contribution is 2.52. The molecule has 3 amide bonds. The molecule has 1 aliphatic heterocycles. The van der Waals surface area contributed by atoms with Crippen molar-refractivity contribution in [3.63, 3.8) is 0 Å². The van der Waals surface area contributed by atoms with Crippen LogP contribution in [0.5, 0.6) is 0 Å². The van der Waals surface area contributed by atoms with Crippen molar-refractivity contribution in [1.82, 2.24) is 4.90 Å². The Kier molecular flexibility index (Phi) is 2.89. The van der Waals surface area contributed by atoms with Gasteiger partial charge in [0.25, 0.3) is 0 Å². The number of carbonyl (C=O) groups is 3. The lowest BCUT2D eigenvalue weighted by Gasteiger charge is -2.16. The van der Waals surface area contributed by atoms with Crippen LogP contribution in [0.3, 0.4) is 0 Å². The van der Waals surface area contributed by atoms with Crippen molar-refractivity contribution in [3.8, 4) is 0 Å². The maximum atomic E-state index is 12.5. The molecule has 0 unspecified atom stereocenters. The molecule has 2 aliphatic carbocycles. The molecule has 3 aliphatic rings. The van der Waals surface area contributed by atoms with E-state index in [0.717, 1.165) is 11.3 Å². The minimum Gasteiger partial charge on any atom is -0.325 e. The van der Waals surface area contributed by atoms with E-state index in [1.807, 2.05) is 30.4 Å². The third-order valence-corrected chi connectivity index (χ3v) is 4.92. The molecular weight excluding hydrogens is 280 g/mol. The van der Waals surface area contributed by atoms with Gasteiger partial charge in [-0.1, -0.05) is 30.4 Å². The molecule has 1 N–H and O–H groups in total. The van der Waals surface area contributed by atoms with E-state index in [2.05, 4.69) is 5.32 Å². The number of anilines is 1. The number of imide groups is 1. The number of benzene rings is 1. The SMILES string of the molecule is O=C(CN1C(=O)[C@H]2[C@H](C1=O)[C@H]1C=C[C@H]2C1)Nc1ccccc1. The molecule has 1 heterocycles. The average molecular weight is 296 g/mol. The van der Waals surface area contributed by atoms with Crippen molar-refractivity contribution >= 4 is 23.4 Å². The molecule has 0 aromatic heterocycles. The average Bonchev–Trinajstić information content (AvgIpc) is 3.18. The first-order valence-corrected chi connectivity index (χ1v) is 7.53. The molecule has 5 nitrogen and oxygen atoms in total. The standard InChI is InChI=1S/C17H16N2O3/c20-13(18-12-4-2-1-3-5-12)9-19-16(21)14-10-6-7-11(8-10)15(14)17(19)22/h1-7,10-11,14-15H,8-9H2,(H,18,20)/t10-,11-,14+,15+/m0/s1. The van der Waals surface area contributed by atoms with E-state index in [1.165, 1.54) is 0 Å². The van der Waals surface area contributed by atoms with Crippen LogP contribution in [0, 0.1) is 23.7 Å². The molecule has 2 bridgehead atoms. The predicted molar refractivity (Wildman–Crippen MR) is 79.5 cm³/mol. The van der Waals surface area contributed by atoms with Crippen LogP contribution >= 0.6 is 0 Å². The van der Waals surface area contributed by atoms with Gasteiger partial charge in [-0.2, -0.15) is 0 Å². The highest BCUT2D eigenvalue weighted by atomic mass is 16.2. The zero-order valence-electron chi connectivity index (χ0n) is 11.9. The van der Waals surface area contributed by atoms with Crippen LogP contribution in [0.15, 0.2) is 42.5 Å². The van der Waals surface area contributed by atoms with Gasteiger partial charge in [0.1, 0.15) is 6.54 Å². The van der Waals surface area contributed by atoms with E-state index in [1.54, 1.807) is 12.1 Å². The predicted octanol–water partition coefficient (Wildman–Crippen LogP) is 1.43. The minimum absolute atomic E-state index is 0.175. The van der Waals surface area contributed by atoms with Crippen LogP contribution in [-0.2, 0) is 14.4 Å². The fourth-order valence-corrected chi connectivity index (χ4v) is 3.99. The van der Waals surface area contributed by atoms with Gasteiger partial charge in [-0.25, -0.2) is 0 Å². The molecule has 1 saturated carbocycles. The summed E-state index contributed by atoms with van der Waals surface area (Å²) in [4.78, 5) is 38.2. The first-order chi connectivity index (χ1) is 10.6. The second-order valence-corrected chi connectivity index (χ2v) is 6.18. The number of carbonyl (C=O) groups excluding carboxylic acids is 3. The fraction of sp³-hybridized carbons (Fsp3) is 0.353.